The fourth-order valence-electron chi connectivity index (χ4n) is 3.58. The zero-order valence-electron chi connectivity index (χ0n) is 14.2. The SMILES string of the molecule is Cc1cc(C)n2cnc(C(=O)NC(C3CCCCC3)C(F)(F)F)c2n1. The summed E-state index contributed by atoms with van der Waals surface area (Å²) in [7, 11) is 0. The number of aromatic nitrogens is 3. The molecule has 1 unspecified atom stereocenters. The molecule has 1 saturated carbocycles. The number of fused-ring (bicyclic) bond motifs is 1. The molecule has 2 heterocycles. The molecule has 136 valence electrons. The molecule has 0 aromatic carbocycles. The summed E-state index contributed by atoms with van der Waals surface area (Å²) in [5.74, 6) is -1.41. The predicted molar refractivity (Wildman–Crippen MR) is 86.3 cm³/mol. The number of hydrogen-bond donors (Lipinski definition) is 1. The molecule has 8 heteroatoms. The summed E-state index contributed by atoms with van der Waals surface area (Å²) < 4.78 is 42.1. The van der Waals surface area contributed by atoms with Crippen molar-refractivity contribution in [3.05, 3.63) is 29.5 Å². The number of imidazole rings is 1. The number of hydrogen-bond acceptors (Lipinski definition) is 3. The number of halogens is 3. The Hall–Kier alpha value is -2.12. The van der Waals surface area contributed by atoms with Crippen molar-refractivity contribution in [1.29, 1.82) is 0 Å². The van der Waals surface area contributed by atoms with Crippen molar-refractivity contribution in [2.45, 2.75) is 58.2 Å². The van der Waals surface area contributed by atoms with Gasteiger partial charge in [0.1, 0.15) is 12.4 Å². The van der Waals surface area contributed by atoms with Crippen molar-refractivity contribution >= 4 is 11.6 Å². The summed E-state index contributed by atoms with van der Waals surface area (Å²) in [5.41, 5.74) is 1.70. The molecule has 0 bridgehead atoms. The molecule has 0 spiro atoms. The zero-order chi connectivity index (χ0) is 18.2. The summed E-state index contributed by atoms with van der Waals surface area (Å²) in [5, 5.41) is 2.18. The van der Waals surface area contributed by atoms with Gasteiger partial charge in [0.2, 0.25) is 0 Å². The van der Waals surface area contributed by atoms with Crippen molar-refractivity contribution in [2.75, 3.05) is 0 Å². The Balaban J connectivity index is 1.89. The minimum atomic E-state index is -4.48. The largest absolute Gasteiger partial charge is 0.408 e. The number of aryl methyl sites for hydroxylation is 2. The van der Waals surface area contributed by atoms with Crippen molar-refractivity contribution in [1.82, 2.24) is 19.7 Å². The van der Waals surface area contributed by atoms with E-state index in [-0.39, 0.29) is 11.3 Å². The van der Waals surface area contributed by atoms with Gasteiger partial charge in [-0.05, 0) is 38.7 Å². The number of alkyl halides is 3. The lowest BCUT2D eigenvalue weighted by Crippen LogP contribution is -2.50. The lowest BCUT2D eigenvalue weighted by atomic mass is 9.83. The molecule has 2 aromatic heterocycles. The Kier molecular flexibility index (Phi) is 4.71. The summed E-state index contributed by atoms with van der Waals surface area (Å²) in [4.78, 5) is 20.8. The second-order valence-corrected chi connectivity index (χ2v) is 6.72. The van der Waals surface area contributed by atoms with Crippen LogP contribution in [0.5, 0.6) is 0 Å². The van der Waals surface area contributed by atoms with Crippen LogP contribution in [0.15, 0.2) is 12.4 Å². The first-order chi connectivity index (χ1) is 11.8. The van der Waals surface area contributed by atoms with Gasteiger partial charge in [0, 0.05) is 11.4 Å². The maximum atomic E-state index is 13.5. The Morgan fingerprint density at radius 1 is 1.28 bits per heavy atom. The molecule has 1 N–H and O–H groups in total. The minimum Gasteiger partial charge on any atom is -0.339 e. The fraction of sp³-hybridized carbons (Fsp3) is 0.588. The quantitative estimate of drug-likeness (QED) is 0.916. The standard InChI is InChI=1S/C17H21F3N4O/c1-10-8-11(2)24-9-21-13(15(24)22-10)16(25)23-14(17(18,19)20)12-6-4-3-5-7-12/h8-9,12,14H,3-7H2,1-2H3,(H,23,25). The monoisotopic (exact) mass is 354 g/mol. The number of nitrogens with one attached hydrogen (secondary N) is 1. The molecule has 5 nitrogen and oxygen atoms in total. The Morgan fingerprint density at radius 3 is 2.60 bits per heavy atom. The van der Waals surface area contributed by atoms with Gasteiger partial charge in [0.15, 0.2) is 11.3 Å². The molecule has 1 atom stereocenters. The van der Waals surface area contributed by atoms with Gasteiger partial charge in [0.05, 0.1) is 0 Å². The minimum absolute atomic E-state index is 0.0724. The van der Waals surface area contributed by atoms with Crippen LogP contribution in [0.25, 0.3) is 5.65 Å². The lowest BCUT2D eigenvalue weighted by Gasteiger charge is -2.32. The van der Waals surface area contributed by atoms with Gasteiger partial charge in [-0.25, -0.2) is 9.97 Å². The third-order valence-electron chi connectivity index (χ3n) is 4.80. The van der Waals surface area contributed by atoms with Gasteiger partial charge in [-0.3, -0.25) is 9.20 Å². The van der Waals surface area contributed by atoms with Crippen molar-refractivity contribution in [2.24, 2.45) is 5.92 Å². The second-order valence-electron chi connectivity index (χ2n) is 6.72. The number of rotatable bonds is 3. The first kappa shape index (κ1) is 17.7. The molecule has 1 aliphatic rings. The van der Waals surface area contributed by atoms with Gasteiger partial charge >= 0.3 is 6.18 Å². The van der Waals surface area contributed by atoms with E-state index < -0.39 is 24.0 Å². The van der Waals surface area contributed by atoms with E-state index in [1.807, 2.05) is 13.0 Å². The second kappa shape index (κ2) is 6.65. The van der Waals surface area contributed by atoms with Gasteiger partial charge in [-0.2, -0.15) is 13.2 Å². The molecular formula is C17H21F3N4O. The van der Waals surface area contributed by atoms with E-state index in [4.69, 9.17) is 0 Å². The van der Waals surface area contributed by atoms with E-state index >= 15 is 0 Å². The maximum Gasteiger partial charge on any atom is 0.408 e. The van der Waals surface area contributed by atoms with E-state index in [0.29, 0.717) is 18.5 Å². The van der Waals surface area contributed by atoms with Crippen LogP contribution >= 0.6 is 0 Å². The molecule has 1 fully saturated rings. The molecule has 0 radical (unpaired) electrons. The lowest BCUT2D eigenvalue weighted by molar-refractivity contribution is -0.167. The maximum absolute atomic E-state index is 13.5. The highest BCUT2D eigenvalue weighted by molar-refractivity contribution is 5.98. The number of carbonyl (C=O) groups is 1. The van der Waals surface area contributed by atoms with Crippen LogP contribution in [0.4, 0.5) is 13.2 Å². The molecule has 3 rings (SSSR count). The van der Waals surface area contributed by atoms with E-state index in [2.05, 4.69) is 15.3 Å². The zero-order valence-corrected chi connectivity index (χ0v) is 14.2. The highest BCUT2D eigenvalue weighted by atomic mass is 19.4. The molecule has 0 saturated heterocycles. The molecule has 1 amide bonds. The van der Waals surface area contributed by atoms with Crippen LogP contribution in [0.2, 0.25) is 0 Å². The number of amides is 1. The van der Waals surface area contributed by atoms with Crippen LogP contribution in [-0.4, -0.2) is 32.5 Å². The van der Waals surface area contributed by atoms with Gasteiger partial charge in [0.25, 0.3) is 5.91 Å². The first-order valence-electron chi connectivity index (χ1n) is 8.46. The fourth-order valence-corrected chi connectivity index (χ4v) is 3.58. The molecule has 25 heavy (non-hydrogen) atoms. The molecular weight excluding hydrogens is 333 g/mol. The van der Waals surface area contributed by atoms with E-state index in [1.165, 1.54) is 6.33 Å². The average molecular weight is 354 g/mol. The van der Waals surface area contributed by atoms with Gasteiger partial charge < -0.3 is 5.32 Å². The normalized spacial score (nSPS) is 17.6. The summed E-state index contributed by atoms with van der Waals surface area (Å²) in [6.45, 7) is 3.59. The third kappa shape index (κ3) is 3.62. The topological polar surface area (TPSA) is 59.3 Å². The van der Waals surface area contributed by atoms with Crippen LogP contribution in [0.3, 0.4) is 0 Å². The molecule has 1 aliphatic carbocycles. The van der Waals surface area contributed by atoms with Crippen LogP contribution in [0, 0.1) is 19.8 Å². The van der Waals surface area contributed by atoms with Crippen molar-refractivity contribution < 1.29 is 18.0 Å². The summed E-state index contributed by atoms with van der Waals surface area (Å²) in [6, 6.07) is -0.0281. The van der Waals surface area contributed by atoms with Crippen molar-refractivity contribution in [3.8, 4) is 0 Å². The third-order valence-corrected chi connectivity index (χ3v) is 4.80. The summed E-state index contributed by atoms with van der Waals surface area (Å²) in [6.07, 6.45) is 0.363. The van der Waals surface area contributed by atoms with Gasteiger partial charge in [-0.1, -0.05) is 19.3 Å². The van der Waals surface area contributed by atoms with E-state index in [9.17, 15) is 18.0 Å². The van der Waals surface area contributed by atoms with Crippen LogP contribution in [-0.2, 0) is 0 Å². The van der Waals surface area contributed by atoms with Crippen LogP contribution in [0.1, 0.15) is 54.0 Å². The average Bonchev–Trinajstić information content (AvgIpc) is 2.96. The van der Waals surface area contributed by atoms with E-state index in [1.54, 1.807) is 11.3 Å². The highest BCUT2D eigenvalue weighted by Gasteiger charge is 2.46. The van der Waals surface area contributed by atoms with Crippen LogP contribution < -0.4 is 5.32 Å². The Bertz CT molecular complexity index is 778. The highest BCUT2D eigenvalue weighted by Crippen LogP contribution is 2.34. The smallest absolute Gasteiger partial charge is 0.339 e. The predicted octanol–water partition coefficient (Wildman–Crippen LogP) is 3.59. The van der Waals surface area contributed by atoms with Crippen molar-refractivity contribution in [3.63, 3.8) is 0 Å². The van der Waals surface area contributed by atoms with Gasteiger partial charge in [-0.15, -0.1) is 0 Å². The Labute approximate surface area is 143 Å². The van der Waals surface area contributed by atoms with E-state index in [0.717, 1.165) is 25.0 Å². The Morgan fingerprint density at radius 2 is 1.96 bits per heavy atom. The number of nitrogens with zero attached hydrogens (tertiary/aromatic N) is 3. The molecule has 0 aliphatic heterocycles. The molecule has 2 aromatic rings. The number of carbonyl (C=O) groups excluding carboxylic acids is 1. The first-order valence-corrected chi connectivity index (χ1v) is 8.46. The summed E-state index contributed by atoms with van der Waals surface area (Å²) >= 11 is 0.